The third-order valence-corrected chi connectivity index (χ3v) is 5.17. The lowest BCUT2D eigenvalue weighted by molar-refractivity contribution is -0.125. The molecule has 6 heteroatoms. The summed E-state index contributed by atoms with van der Waals surface area (Å²) in [7, 11) is 0.973. The van der Waals surface area contributed by atoms with E-state index in [9.17, 15) is 13.4 Å². The maximum atomic E-state index is 14.0. The Hall–Kier alpha value is -1.27. The summed E-state index contributed by atoms with van der Waals surface area (Å²) in [4.78, 5) is 16.3. The van der Waals surface area contributed by atoms with E-state index < -0.39 is 10.8 Å². The molecule has 1 aromatic rings. The normalized spacial score (nSPS) is 22.0. The van der Waals surface area contributed by atoms with Gasteiger partial charge in [0.1, 0.15) is 5.82 Å². The van der Waals surface area contributed by atoms with Crippen LogP contribution in [-0.4, -0.2) is 52.7 Å². The zero-order valence-electron chi connectivity index (χ0n) is 13.3. The molecule has 3 unspecified atom stereocenters. The van der Waals surface area contributed by atoms with Crippen LogP contribution in [0.2, 0.25) is 0 Å². The number of rotatable bonds is 5. The highest BCUT2D eigenvalue weighted by molar-refractivity contribution is 7.84. The zero-order valence-corrected chi connectivity index (χ0v) is 14.1. The van der Waals surface area contributed by atoms with E-state index in [-0.39, 0.29) is 23.8 Å². The molecule has 1 amide bonds. The van der Waals surface area contributed by atoms with Crippen molar-refractivity contribution in [3.8, 4) is 0 Å². The first-order valence-electron chi connectivity index (χ1n) is 7.49. The molecule has 1 fully saturated rings. The Balaban J connectivity index is 2.16. The molecular weight excluding hydrogens is 303 g/mol. The fraction of sp³-hybridized carbons (Fsp3) is 0.562. The molecular formula is C16H23FN2O2S. The van der Waals surface area contributed by atoms with E-state index in [4.69, 9.17) is 0 Å². The van der Waals surface area contributed by atoms with Gasteiger partial charge in [-0.25, -0.2) is 4.39 Å². The predicted octanol–water partition coefficient (Wildman–Crippen LogP) is 2.02. The van der Waals surface area contributed by atoms with Gasteiger partial charge >= 0.3 is 0 Å². The molecule has 1 aliphatic heterocycles. The van der Waals surface area contributed by atoms with Gasteiger partial charge in [0.25, 0.3) is 0 Å². The highest BCUT2D eigenvalue weighted by Crippen LogP contribution is 2.26. The molecule has 4 nitrogen and oxygen atoms in total. The molecule has 0 saturated carbocycles. The predicted molar refractivity (Wildman–Crippen MR) is 87.9 cm³/mol. The highest BCUT2D eigenvalue weighted by atomic mass is 32.2. The van der Waals surface area contributed by atoms with E-state index in [1.54, 1.807) is 24.5 Å². The van der Waals surface area contributed by atoms with Gasteiger partial charge in [-0.2, -0.15) is 0 Å². The first-order chi connectivity index (χ1) is 10.4. The first kappa shape index (κ1) is 17.1. The van der Waals surface area contributed by atoms with Crippen molar-refractivity contribution >= 4 is 22.4 Å². The lowest BCUT2D eigenvalue weighted by Gasteiger charge is -2.39. The number of amides is 1. The van der Waals surface area contributed by atoms with Crippen LogP contribution < -0.4 is 4.90 Å². The minimum Gasteiger partial charge on any atom is -0.308 e. The second-order valence-electron chi connectivity index (χ2n) is 5.85. The molecule has 1 heterocycles. The van der Waals surface area contributed by atoms with Crippen molar-refractivity contribution in [3.05, 3.63) is 30.1 Å². The Labute approximate surface area is 133 Å². The number of halogens is 1. The quantitative estimate of drug-likeness (QED) is 0.831. The van der Waals surface area contributed by atoms with Gasteiger partial charge in [-0.3, -0.25) is 13.9 Å². The molecule has 1 saturated heterocycles. The van der Waals surface area contributed by atoms with Gasteiger partial charge in [-0.1, -0.05) is 12.1 Å². The zero-order chi connectivity index (χ0) is 16.3. The van der Waals surface area contributed by atoms with Crippen molar-refractivity contribution in [2.24, 2.45) is 0 Å². The van der Waals surface area contributed by atoms with Gasteiger partial charge in [0.15, 0.2) is 0 Å². The van der Waals surface area contributed by atoms with E-state index in [2.05, 4.69) is 0 Å². The van der Waals surface area contributed by atoms with Gasteiger partial charge < -0.3 is 4.90 Å². The summed E-state index contributed by atoms with van der Waals surface area (Å²) in [5.74, 6) is 0.0782. The summed E-state index contributed by atoms with van der Waals surface area (Å²) in [6.07, 6.45) is 3.25. The molecule has 22 heavy (non-hydrogen) atoms. The van der Waals surface area contributed by atoms with Crippen LogP contribution in [0.15, 0.2) is 24.3 Å². The summed E-state index contributed by atoms with van der Waals surface area (Å²) >= 11 is 0. The van der Waals surface area contributed by atoms with Crippen molar-refractivity contribution in [2.45, 2.75) is 31.8 Å². The molecule has 0 N–H and O–H groups in total. The number of nitrogens with zero attached hydrogens (tertiary/aromatic N) is 2. The number of carbonyl (C=O) groups is 1. The summed E-state index contributed by atoms with van der Waals surface area (Å²) in [6, 6.07) is 6.13. The number of hydrogen-bond donors (Lipinski definition) is 0. The SMILES string of the molecule is CC(CS(C)=O)N(C)C1CCCN(c2ccccc2F)C1=O. The third kappa shape index (κ3) is 3.73. The van der Waals surface area contributed by atoms with E-state index in [0.29, 0.717) is 18.0 Å². The number of benzene rings is 1. The fourth-order valence-electron chi connectivity index (χ4n) is 2.91. The van der Waals surface area contributed by atoms with Crippen LogP contribution >= 0.6 is 0 Å². The molecule has 0 radical (unpaired) electrons. The van der Waals surface area contributed by atoms with Crippen molar-refractivity contribution in [1.82, 2.24) is 4.90 Å². The van der Waals surface area contributed by atoms with Crippen molar-refractivity contribution in [1.29, 1.82) is 0 Å². The van der Waals surface area contributed by atoms with Gasteiger partial charge in [-0.05, 0) is 38.9 Å². The lowest BCUT2D eigenvalue weighted by Crippen LogP contribution is -2.54. The largest absolute Gasteiger partial charge is 0.308 e. The summed E-state index contributed by atoms with van der Waals surface area (Å²) in [6.45, 7) is 2.51. The minimum atomic E-state index is -0.907. The lowest BCUT2D eigenvalue weighted by atomic mass is 10.0. The topological polar surface area (TPSA) is 40.6 Å². The molecule has 1 aliphatic rings. The molecule has 3 atom stereocenters. The van der Waals surface area contributed by atoms with Crippen LogP contribution in [0.4, 0.5) is 10.1 Å². The Bertz CT molecular complexity index is 567. The Kier molecular flexibility index (Phi) is 5.69. The molecule has 0 aromatic heterocycles. The second kappa shape index (κ2) is 7.33. The highest BCUT2D eigenvalue weighted by Gasteiger charge is 2.35. The van der Waals surface area contributed by atoms with Crippen molar-refractivity contribution < 1.29 is 13.4 Å². The first-order valence-corrected chi connectivity index (χ1v) is 9.22. The number of carbonyl (C=O) groups excluding carboxylic acids is 1. The van der Waals surface area contributed by atoms with E-state index in [1.165, 1.54) is 11.0 Å². The number of hydrogen-bond acceptors (Lipinski definition) is 3. The van der Waals surface area contributed by atoms with E-state index >= 15 is 0 Å². The van der Waals surface area contributed by atoms with Crippen LogP contribution in [0.25, 0.3) is 0 Å². The van der Waals surface area contributed by atoms with Gasteiger partial charge in [-0.15, -0.1) is 0 Å². The molecule has 0 aliphatic carbocycles. The Morgan fingerprint density at radius 2 is 2.14 bits per heavy atom. The average molecular weight is 326 g/mol. The molecule has 0 spiro atoms. The summed E-state index contributed by atoms with van der Waals surface area (Å²) in [5.41, 5.74) is 0.345. The van der Waals surface area contributed by atoms with Crippen LogP contribution in [0.3, 0.4) is 0 Å². The standard InChI is InChI=1S/C16H23FN2O2S/c1-12(11-22(3)21)18(2)15-9-6-10-19(16(15)20)14-8-5-4-7-13(14)17/h4-5,7-8,12,15H,6,9-11H2,1-3H3. The smallest absolute Gasteiger partial charge is 0.244 e. The summed E-state index contributed by atoms with van der Waals surface area (Å²) < 4.78 is 25.4. The van der Waals surface area contributed by atoms with Crippen LogP contribution in [0, 0.1) is 5.82 Å². The molecule has 1 aromatic carbocycles. The molecule has 0 bridgehead atoms. The maximum Gasteiger partial charge on any atom is 0.244 e. The number of para-hydroxylation sites is 1. The van der Waals surface area contributed by atoms with E-state index in [0.717, 1.165) is 12.8 Å². The van der Waals surface area contributed by atoms with E-state index in [1.807, 2.05) is 18.9 Å². The van der Waals surface area contributed by atoms with Crippen molar-refractivity contribution in [2.75, 3.05) is 30.5 Å². The number of piperidine rings is 1. The van der Waals surface area contributed by atoms with Gasteiger partial charge in [0.2, 0.25) is 5.91 Å². The van der Waals surface area contributed by atoms with Crippen LogP contribution in [0.1, 0.15) is 19.8 Å². The molecule has 2 rings (SSSR count). The monoisotopic (exact) mass is 326 g/mol. The second-order valence-corrected chi connectivity index (χ2v) is 7.33. The molecule has 122 valence electrons. The minimum absolute atomic E-state index is 0.0420. The Morgan fingerprint density at radius 1 is 1.45 bits per heavy atom. The van der Waals surface area contributed by atoms with Gasteiger partial charge in [0, 0.05) is 35.4 Å². The fourth-order valence-corrected chi connectivity index (χ4v) is 3.82. The number of likely N-dealkylation sites (N-methyl/N-ethyl adjacent to an activating group) is 1. The maximum absolute atomic E-state index is 14.0. The third-order valence-electron chi connectivity index (χ3n) is 4.22. The van der Waals surface area contributed by atoms with Crippen molar-refractivity contribution in [3.63, 3.8) is 0 Å². The van der Waals surface area contributed by atoms with Gasteiger partial charge in [0.05, 0.1) is 11.7 Å². The average Bonchev–Trinajstić information content (AvgIpc) is 2.47. The van der Waals surface area contributed by atoms with Crippen LogP contribution in [0.5, 0.6) is 0 Å². The summed E-state index contributed by atoms with van der Waals surface area (Å²) in [5, 5.41) is 0. The van der Waals surface area contributed by atoms with Crippen LogP contribution in [-0.2, 0) is 15.6 Å². The number of anilines is 1. The Morgan fingerprint density at radius 3 is 2.77 bits per heavy atom.